The molecule has 4 heterocycles. The average Bonchev–Trinajstić information content (AvgIpc) is 3.51. The zero-order valence-electron chi connectivity index (χ0n) is 21.0. The average molecular weight is 685 g/mol. The SMILES string of the molecule is C[C@H](NC(=O)[C@H]1C[C@H](Cc2cc(Br)c(Cl)s2)CN1OC(=O)C(F)(F)F)C(=O)NCc1cnc2c(c1)c(Cl)cn2C. The summed E-state index contributed by atoms with van der Waals surface area (Å²) in [6, 6.07) is 1.32. The number of fused-ring (bicyclic) bond motifs is 1. The van der Waals surface area contributed by atoms with Gasteiger partial charge in [-0.3, -0.25) is 9.59 Å². The number of amides is 2. The summed E-state index contributed by atoms with van der Waals surface area (Å²) in [5.74, 6) is -4.01. The lowest BCUT2D eigenvalue weighted by atomic mass is 10.0. The van der Waals surface area contributed by atoms with Crippen LogP contribution in [0.4, 0.5) is 13.2 Å². The monoisotopic (exact) mass is 683 g/mol. The predicted octanol–water partition coefficient (Wildman–Crippen LogP) is 4.78. The minimum Gasteiger partial charge on any atom is -0.360 e. The van der Waals surface area contributed by atoms with Gasteiger partial charge in [-0.1, -0.05) is 23.2 Å². The van der Waals surface area contributed by atoms with Gasteiger partial charge in [0.2, 0.25) is 11.8 Å². The Bertz CT molecular complexity index is 1430. The van der Waals surface area contributed by atoms with Gasteiger partial charge >= 0.3 is 12.1 Å². The molecule has 0 spiro atoms. The molecule has 0 aliphatic carbocycles. The number of aromatic nitrogens is 2. The number of nitrogens with zero attached hydrogens (tertiary/aromatic N) is 3. The van der Waals surface area contributed by atoms with Gasteiger partial charge in [0.15, 0.2) is 0 Å². The highest BCUT2D eigenvalue weighted by Gasteiger charge is 2.47. The van der Waals surface area contributed by atoms with Crippen LogP contribution in [0.15, 0.2) is 29.0 Å². The summed E-state index contributed by atoms with van der Waals surface area (Å²) >= 11 is 16.9. The summed E-state index contributed by atoms with van der Waals surface area (Å²) in [6.45, 7) is 1.44. The van der Waals surface area contributed by atoms with Gasteiger partial charge in [-0.15, -0.1) is 16.4 Å². The molecule has 40 heavy (non-hydrogen) atoms. The molecule has 3 atom stereocenters. The number of thiophene rings is 1. The topological polar surface area (TPSA) is 106 Å². The van der Waals surface area contributed by atoms with Gasteiger partial charge in [-0.2, -0.15) is 13.2 Å². The summed E-state index contributed by atoms with van der Waals surface area (Å²) in [7, 11) is 1.81. The summed E-state index contributed by atoms with van der Waals surface area (Å²) in [5.41, 5.74) is 1.36. The fourth-order valence-electron chi connectivity index (χ4n) is 4.38. The number of aryl methyl sites for hydroxylation is 1. The van der Waals surface area contributed by atoms with Gasteiger partial charge in [0.25, 0.3) is 0 Å². The van der Waals surface area contributed by atoms with Crippen LogP contribution in [0.2, 0.25) is 9.36 Å². The van der Waals surface area contributed by atoms with E-state index in [2.05, 4.69) is 36.4 Å². The maximum atomic E-state index is 13.1. The first-order chi connectivity index (χ1) is 18.7. The Balaban J connectivity index is 1.38. The maximum Gasteiger partial charge on any atom is 0.492 e. The van der Waals surface area contributed by atoms with E-state index in [4.69, 9.17) is 23.2 Å². The normalized spacial score (nSPS) is 18.6. The second-order valence-electron chi connectivity index (χ2n) is 9.38. The van der Waals surface area contributed by atoms with Crippen molar-refractivity contribution in [2.45, 2.75) is 44.6 Å². The molecule has 3 aromatic rings. The third-order valence-electron chi connectivity index (χ3n) is 6.30. The molecule has 9 nitrogen and oxygen atoms in total. The zero-order chi connectivity index (χ0) is 29.4. The van der Waals surface area contributed by atoms with Gasteiger partial charge in [0, 0.05) is 47.3 Å². The van der Waals surface area contributed by atoms with Crippen molar-refractivity contribution in [1.29, 1.82) is 0 Å². The highest BCUT2D eigenvalue weighted by molar-refractivity contribution is 9.10. The van der Waals surface area contributed by atoms with Crippen molar-refractivity contribution in [2.75, 3.05) is 6.54 Å². The maximum absolute atomic E-state index is 13.1. The van der Waals surface area contributed by atoms with E-state index in [9.17, 15) is 27.6 Å². The van der Waals surface area contributed by atoms with E-state index in [1.54, 1.807) is 29.1 Å². The first kappa shape index (κ1) is 30.6. The van der Waals surface area contributed by atoms with E-state index in [-0.39, 0.29) is 25.4 Å². The molecule has 0 aromatic carbocycles. The Morgan fingerprint density at radius 3 is 2.67 bits per heavy atom. The van der Waals surface area contributed by atoms with E-state index < -0.39 is 36.0 Å². The van der Waals surface area contributed by atoms with Gasteiger partial charge in [0.1, 0.15) is 22.1 Å². The molecule has 1 aliphatic heterocycles. The van der Waals surface area contributed by atoms with E-state index >= 15 is 0 Å². The molecule has 1 fully saturated rings. The second-order valence-corrected chi connectivity index (χ2v) is 12.4. The third kappa shape index (κ3) is 7.08. The number of hydrogen-bond donors (Lipinski definition) is 2. The Labute approximate surface area is 249 Å². The van der Waals surface area contributed by atoms with Crippen molar-refractivity contribution in [2.24, 2.45) is 13.0 Å². The molecule has 1 aliphatic rings. The quantitative estimate of drug-likeness (QED) is 0.354. The molecule has 216 valence electrons. The summed E-state index contributed by atoms with van der Waals surface area (Å²) < 4.78 is 41.6. The van der Waals surface area contributed by atoms with Gasteiger partial charge in [-0.25, -0.2) is 9.78 Å². The number of hydrogen-bond acceptors (Lipinski definition) is 7. The number of carbonyl (C=O) groups is 3. The Morgan fingerprint density at radius 2 is 2.02 bits per heavy atom. The lowest BCUT2D eigenvalue weighted by Gasteiger charge is -2.24. The van der Waals surface area contributed by atoms with Crippen LogP contribution in [0.25, 0.3) is 11.0 Å². The van der Waals surface area contributed by atoms with Crippen molar-refractivity contribution in [3.05, 3.63) is 48.8 Å². The minimum absolute atomic E-state index is 0.0992. The number of pyridine rings is 1. The van der Waals surface area contributed by atoms with E-state index in [0.717, 1.165) is 15.3 Å². The van der Waals surface area contributed by atoms with E-state index in [1.165, 1.54) is 18.3 Å². The molecule has 16 heteroatoms. The number of rotatable bonds is 8. The molecule has 1 saturated heterocycles. The largest absolute Gasteiger partial charge is 0.492 e. The molecular weight excluding hydrogens is 662 g/mol. The molecule has 0 radical (unpaired) electrons. The fraction of sp³-hybridized carbons (Fsp3) is 0.417. The van der Waals surface area contributed by atoms with Crippen molar-refractivity contribution in [3.8, 4) is 0 Å². The minimum atomic E-state index is -5.24. The van der Waals surface area contributed by atoms with Crippen molar-refractivity contribution in [3.63, 3.8) is 0 Å². The lowest BCUT2D eigenvalue weighted by molar-refractivity contribution is -0.240. The first-order valence-corrected chi connectivity index (χ1v) is 14.3. The van der Waals surface area contributed by atoms with Crippen LogP contribution in [-0.4, -0.2) is 57.2 Å². The van der Waals surface area contributed by atoms with Crippen LogP contribution >= 0.6 is 50.5 Å². The van der Waals surface area contributed by atoms with Crippen LogP contribution in [0.3, 0.4) is 0 Å². The number of carbonyl (C=O) groups excluding carboxylic acids is 3. The van der Waals surface area contributed by atoms with E-state index in [1.807, 2.05) is 7.05 Å². The van der Waals surface area contributed by atoms with Crippen molar-refractivity contribution in [1.82, 2.24) is 25.2 Å². The summed E-state index contributed by atoms with van der Waals surface area (Å²) in [5, 5.41) is 7.17. The molecule has 2 amide bonds. The fourth-order valence-corrected chi connectivity index (χ4v) is 6.57. The molecular formula is C24H23BrCl2F3N5O4S. The molecule has 0 bridgehead atoms. The summed E-state index contributed by atoms with van der Waals surface area (Å²) in [4.78, 5) is 47.0. The Hall–Kier alpha value is -2.39. The molecule has 0 unspecified atom stereocenters. The number of halogens is 6. The predicted molar refractivity (Wildman–Crippen MR) is 147 cm³/mol. The van der Waals surface area contributed by atoms with Gasteiger partial charge < -0.3 is 20.0 Å². The Kier molecular flexibility index (Phi) is 9.35. The van der Waals surface area contributed by atoms with Crippen LogP contribution in [0, 0.1) is 5.92 Å². The highest BCUT2D eigenvalue weighted by Crippen LogP contribution is 2.36. The van der Waals surface area contributed by atoms with Crippen LogP contribution in [-0.2, 0) is 39.2 Å². The van der Waals surface area contributed by atoms with Crippen LogP contribution < -0.4 is 10.6 Å². The van der Waals surface area contributed by atoms with Crippen molar-refractivity contribution < 1.29 is 32.4 Å². The summed E-state index contributed by atoms with van der Waals surface area (Å²) in [6.07, 6.45) is -1.43. The van der Waals surface area contributed by atoms with Crippen LogP contribution in [0.1, 0.15) is 23.8 Å². The third-order valence-corrected chi connectivity index (χ3v) is 9.10. The lowest BCUT2D eigenvalue weighted by Crippen LogP contribution is -2.51. The molecule has 4 rings (SSSR count). The number of nitrogens with one attached hydrogen (secondary N) is 2. The smallest absolute Gasteiger partial charge is 0.360 e. The first-order valence-electron chi connectivity index (χ1n) is 11.9. The highest BCUT2D eigenvalue weighted by atomic mass is 79.9. The second kappa shape index (κ2) is 12.2. The number of hydroxylamine groups is 2. The number of alkyl halides is 3. The Morgan fingerprint density at radius 1 is 1.30 bits per heavy atom. The van der Waals surface area contributed by atoms with Gasteiger partial charge in [-0.05, 0) is 59.3 Å². The van der Waals surface area contributed by atoms with Gasteiger partial charge in [0.05, 0.1) is 5.02 Å². The standard InChI is InChI=1S/C24H23BrCl2F3N5O4S/c1-11(21(36)32-8-13-4-15-17(26)10-34(2)20(15)31-7-13)33-22(37)18-5-12(3-14-6-16(25)19(27)40-14)9-35(18)39-23(38)24(28,29)30/h4,6-7,10-12,18H,3,5,8-9H2,1-2H3,(H,32,36)(H,33,37)/t11-,12-,18+/m0/s1. The molecule has 2 N–H and O–H groups in total. The van der Waals surface area contributed by atoms with E-state index in [0.29, 0.717) is 31.5 Å². The van der Waals surface area contributed by atoms with Crippen molar-refractivity contribution >= 4 is 79.3 Å². The zero-order valence-corrected chi connectivity index (χ0v) is 24.9. The molecule has 0 saturated carbocycles. The van der Waals surface area contributed by atoms with Crippen LogP contribution in [0.5, 0.6) is 0 Å². The molecule has 3 aromatic heterocycles.